The van der Waals surface area contributed by atoms with Crippen molar-refractivity contribution in [3.8, 4) is 22.9 Å². The van der Waals surface area contributed by atoms with Crippen LogP contribution in [0.4, 0.5) is 9.39 Å². The first-order valence-electron chi connectivity index (χ1n) is 10.3. The number of aliphatic hydroxyl groups is 1. The van der Waals surface area contributed by atoms with Gasteiger partial charge in [-0.15, -0.1) is 11.3 Å². The Balaban J connectivity index is 1.73. The predicted molar refractivity (Wildman–Crippen MR) is 127 cm³/mol. The number of hydrogen-bond acceptors (Lipinski definition) is 7. The number of anilines is 1. The average Bonchev–Trinajstić information content (AvgIpc) is 3.11. The molecular weight excluding hydrogens is 451 g/mol. The minimum absolute atomic E-state index is 0.0744. The van der Waals surface area contributed by atoms with E-state index in [9.17, 15) is 10.4 Å². The molecule has 4 rings (SSSR count). The minimum Gasteiger partial charge on any atom is -0.492 e. The van der Waals surface area contributed by atoms with Crippen molar-refractivity contribution in [1.82, 2.24) is 10.2 Å². The normalized spacial score (nSPS) is 16.9. The highest BCUT2D eigenvalue weighted by Gasteiger charge is 2.24. The average molecular weight is 475 g/mol. The summed E-state index contributed by atoms with van der Waals surface area (Å²) in [5, 5.41) is 23.8. The van der Waals surface area contributed by atoms with E-state index in [0.717, 1.165) is 30.8 Å². The highest BCUT2D eigenvalue weighted by atomic mass is 35.5. The van der Waals surface area contributed by atoms with Gasteiger partial charge in [-0.25, -0.2) is 4.39 Å². The topological polar surface area (TPSA) is 94.5 Å². The largest absolute Gasteiger partial charge is 0.492 e. The van der Waals surface area contributed by atoms with Gasteiger partial charge < -0.3 is 25.8 Å². The summed E-state index contributed by atoms with van der Waals surface area (Å²) in [6.07, 6.45) is 0.757. The molecule has 0 bridgehead atoms. The SMILES string of the molecule is CN1CCNCC1CCOc1c(CO)cc(F)c(-c2cccc3sc(N)c(C#N)c23)c1Cl. The molecule has 9 heteroatoms. The molecule has 4 N–H and O–H groups in total. The first-order valence-corrected chi connectivity index (χ1v) is 11.5. The summed E-state index contributed by atoms with van der Waals surface area (Å²) in [4.78, 5) is 2.27. The van der Waals surface area contributed by atoms with Crippen LogP contribution in [-0.2, 0) is 6.61 Å². The molecule has 1 atom stereocenters. The molecule has 0 saturated carbocycles. The molecule has 32 heavy (non-hydrogen) atoms. The van der Waals surface area contributed by atoms with Gasteiger partial charge in [0.25, 0.3) is 0 Å². The summed E-state index contributed by atoms with van der Waals surface area (Å²) >= 11 is 7.95. The summed E-state index contributed by atoms with van der Waals surface area (Å²) in [6.45, 7) is 2.75. The van der Waals surface area contributed by atoms with Crippen molar-refractivity contribution in [2.75, 3.05) is 39.0 Å². The maximum atomic E-state index is 15.2. The number of nitrogens with one attached hydrogen (secondary N) is 1. The van der Waals surface area contributed by atoms with Crippen molar-refractivity contribution in [3.05, 3.63) is 46.2 Å². The molecule has 3 aromatic rings. The second-order valence-corrected chi connectivity index (χ2v) is 9.26. The van der Waals surface area contributed by atoms with Gasteiger partial charge in [-0.05, 0) is 31.2 Å². The van der Waals surface area contributed by atoms with Crippen molar-refractivity contribution in [2.24, 2.45) is 0 Å². The number of nitrogen functional groups attached to an aromatic ring is 1. The maximum absolute atomic E-state index is 15.2. The number of nitrogens with zero attached hydrogens (tertiary/aromatic N) is 2. The van der Waals surface area contributed by atoms with Crippen LogP contribution in [0.2, 0.25) is 5.02 Å². The molecule has 168 valence electrons. The van der Waals surface area contributed by atoms with E-state index < -0.39 is 12.4 Å². The first kappa shape index (κ1) is 22.8. The Kier molecular flexibility index (Phi) is 6.84. The first-order chi connectivity index (χ1) is 15.5. The Hall–Kier alpha value is -2.41. The van der Waals surface area contributed by atoms with Gasteiger partial charge >= 0.3 is 0 Å². The van der Waals surface area contributed by atoms with E-state index in [0.29, 0.717) is 34.2 Å². The van der Waals surface area contributed by atoms with Crippen molar-refractivity contribution in [2.45, 2.75) is 19.1 Å². The number of aliphatic hydroxyl groups excluding tert-OH is 1. The molecule has 1 fully saturated rings. The van der Waals surface area contributed by atoms with E-state index in [4.69, 9.17) is 22.1 Å². The molecule has 6 nitrogen and oxygen atoms in total. The molecule has 1 aromatic heterocycles. The number of ether oxygens (including phenoxy) is 1. The van der Waals surface area contributed by atoms with E-state index in [1.54, 1.807) is 12.1 Å². The van der Waals surface area contributed by atoms with Crippen molar-refractivity contribution in [3.63, 3.8) is 0 Å². The van der Waals surface area contributed by atoms with Gasteiger partial charge in [-0.3, -0.25) is 0 Å². The van der Waals surface area contributed by atoms with Crippen LogP contribution in [0.1, 0.15) is 17.5 Å². The molecule has 2 heterocycles. The van der Waals surface area contributed by atoms with Crippen molar-refractivity contribution >= 4 is 38.0 Å². The standard InChI is InChI=1S/C23H24ClFN4O2S/c1-29-7-6-28-11-14(29)5-8-31-22-13(12-30)9-17(25)20(21(22)24)15-3-2-4-18-19(15)16(10-26)23(27)32-18/h2-4,9,14,28,30H,5-8,11-12,27H2,1H3. The molecule has 1 aliphatic rings. The van der Waals surface area contributed by atoms with E-state index in [1.165, 1.54) is 17.4 Å². The van der Waals surface area contributed by atoms with Crippen LogP contribution in [0, 0.1) is 17.1 Å². The van der Waals surface area contributed by atoms with Crippen molar-refractivity contribution < 1.29 is 14.2 Å². The van der Waals surface area contributed by atoms with Gasteiger partial charge in [0.1, 0.15) is 22.6 Å². The van der Waals surface area contributed by atoms with Crippen LogP contribution in [0.25, 0.3) is 21.2 Å². The number of likely N-dealkylation sites (N-methyl/N-ethyl adjacent to an activating group) is 1. The predicted octanol–water partition coefficient (Wildman–Crippen LogP) is 3.98. The molecule has 0 spiro atoms. The highest BCUT2D eigenvalue weighted by molar-refractivity contribution is 7.23. The number of fused-ring (bicyclic) bond motifs is 1. The fourth-order valence-corrected chi connectivity index (χ4v) is 5.45. The van der Waals surface area contributed by atoms with Gasteiger partial charge in [0.15, 0.2) is 0 Å². The number of halogens is 2. The fraction of sp³-hybridized carbons (Fsp3) is 0.348. The lowest BCUT2D eigenvalue weighted by Crippen LogP contribution is -2.49. The lowest BCUT2D eigenvalue weighted by molar-refractivity contribution is 0.163. The zero-order chi connectivity index (χ0) is 22.8. The number of benzene rings is 2. The zero-order valence-electron chi connectivity index (χ0n) is 17.6. The summed E-state index contributed by atoms with van der Waals surface area (Å²) in [5.74, 6) is -0.334. The van der Waals surface area contributed by atoms with Crippen LogP contribution < -0.4 is 15.8 Å². The van der Waals surface area contributed by atoms with Gasteiger partial charge in [0.2, 0.25) is 0 Å². The number of hydrogen-bond donors (Lipinski definition) is 3. The molecule has 1 saturated heterocycles. The Morgan fingerprint density at radius 1 is 1.47 bits per heavy atom. The number of nitriles is 1. The summed E-state index contributed by atoms with van der Waals surface area (Å²) in [7, 11) is 2.08. The van der Waals surface area contributed by atoms with Gasteiger partial charge in [-0.1, -0.05) is 23.7 Å². The number of rotatable bonds is 6. The number of thiophene rings is 1. The Bertz CT molecular complexity index is 1190. The van der Waals surface area contributed by atoms with Crippen LogP contribution in [0.15, 0.2) is 24.3 Å². The molecule has 1 aliphatic heterocycles. The number of nitrogens with two attached hydrogens (primary N) is 1. The van der Waals surface area contributed by atoms with Gasteiger partial charge in [0, 0.05) is 46.9 Å². The quantitative estimate of drug-likeness (QED) is 0.500. The molecule has 0 radical (unpaired) electrons. The minimum atomic E-state index is -0.594. The monoisotopic (exact) mass is 474 g/mol. The molecule has 1 unspecified atom stereocenters. The van der Waals surface area contributed by atoms with Crippen LogP contribution >= 0.6 is 22.9 Å². The van der Waals surface area contributed by atoms with E-state index in [2.05, 4.69) is 23.3 Å². The lowest BCUT2D eigenvalue weighted by Gasteiger charge is -2.33. The summed E-state index contributed by atoms with van der Waals surface area (Å²) < 4.78 is 22.0. The Labute approximate surface area is 195 Å². The molecule has 2 aromatic carbocycles. The Morgan fingerprint density at radius 2 is 2.28 bits per heavy atom. The second kappa shape index (κ2) is 9.61. The van der Waals surface area contributed by atoms with Gasteiger partial charge in [0.05, 0.1) is 23.8 Å². The zero-order valence-corrected chi connectivity index (χ0v) is 19.2. The van der Waals surface area contributed by atoms with Crippen LogP contribution in [0.5, 0.6) is 5.75 Å². The van der Waals surface area contributed by atoms with E-state index in [-0.39, 0.29) is 21.9 Å². The molecule has 0 amide bonds. The third-order valence-corrected chi connectivity index (χ3v) is 7.23. The van der Waals surface area contributed by atoms with Gasteiger partial charge in [-0.2, -0.15) is 5.26 Å². The second-order valence-electron chi connectivity index (χ2n) is 7.80. The third-order valence-electron chi connectivity index (χ3n) is 5.89. The fourth-order valence-electron chi connectivity index (χ4n) is 4.14. The van der Waals surface area contributed by atoms with Crippen LogP contribution in [-0.4, -0.2) is 49.3 Å². The van der Waals surface area contributed by atoms with E-state index in [1.807, 2.05) is 6.07 Å². The Morgan fingerprint density at radius 3 is 3.00 bits per heavy atom. The van der Waals surface area contributed by atoms with E-state index >= 15 is 4.39 Å². The molecule has 0 aliphatic carbocycles. The maximum Gasteiger partial charge on any atom is 0.144 e. The van der Waals surface area contributed by atoms with Crippen molar-refractivity contribution in [1.29, 1.82) is 5.26 Å². The smallest absolute Gasteiger partial charge is 0.144 e. The van der Waals surface area contributed by atoms with Crippen LogP contribution in [0.3, 0.4) is 0 Å². The third kappa shape index (κ3) is 4.15. The summed E-state index contributed by atoms with van der Waals surface area (Å²) in [5.41, 5.74) is 7.20. The highest BCUT2D eigenvalue weighted by Crippen LogP contribution is 2.45. The number of piperazine rings is 1. The lowest BCUT2D eigenvalue weighted by atomic mass is 9.97. The molecular formula is C23H24ClFN4O2S. The summed E-state index contributed by atoms with van der Waals surface area (Å²) in [6, 6.07) is 9.00.